The van der Waals surface area contributed by atoms with Crippen LogP contribution in [0.15, 0.2) is 53.3 Å². The van der Waals surface area contributed by atoms with Gasteiger partial charge in [-0.15, -0.1) is 0 Å². The third-order valence-electron chi connectivity index (χ3n) is 4.18. The highest BCUT2D eigenvalue weighted by Gasteiger charge is 2.15. The zero-order chi connectivity index (χ0) is 18.7. The molecule has 132 valence electrons. The largest absolute Gasteiger partial charge is 0.452 e. The molecule has 0 spiro atoms. The molecule has 0 aliphatic heterocycles. The number of rotatable bonds is 4. The number of para-hydroxylation sites is 1. The van der Waals surface area contributed by atoms with Crippen molar-refractivity contribution >= 4 is 28.5 Å². The number of fused-ring (bicyclic) bond motifs is 1. The fourth-order valence-corrected chi connectivity index (χ4v) is 2.66. The summed E-state index contributed by atoms with van der Waals surface area (Å²) < 4.78 is 5.09. The average Bonchev–Trinajstić information content (AvgIpc) is 2.62. The topological polar surface area (TPSA) is 88.3 Å². The SMILES string of the molecule is Cc1cccc(NC(=O)COC(=O)c2cc(=O)[nH]c3ccccc23)c1C. The monoisotopic (exact) mass is 350 g/mol. The van der Waals surface area contributed by atoms with E-state index in [9.17, 15) is 14.4 Å². The maximum atomic E-state index is 12.3. The smallest absolute Gasteiger partial charge is 0.339 e. The summed E-state index contributed by atoms with van der Waals surface area (Å²) in [4.78, 5) is 38.8. The molecule has 0 atom stereocenters. The molecule has 2 N–H and O–H groups in total. The lowest BCUT2D eigenvalue weighted by atomic mass is 10.1. The Morgan fingerprint density at radius 2 is 1.85 bits per heavy atom. The van der Waals surface area contributed by atoms with Crippen molar-refractivity contribution in [1.82, 2.24) is 4.98 Å². The maximum Gasteiger partial charge on any atom is 0.339 e. The fourth-order valence-electron chi connectivity index (χ4n) is 2.66. The van der Waals surface area contributed by atoms with E-state index in [0.29, 0.717) is 16.6 Å². The van der Waals surface area contributed by atoms with Crippen LogP contribution in [0.3, 0.4) is 0 Å². The molecule has 1 aromatic heterocycles. The third-order valence-corrected chi connectivity index (χ3v) is 4.18. The number of carbonyl (C=O) groups excluding carboxylic acids is 2. The minimum Gasteiger partial charge on any atom is -0.452 e. The number of amides is 1. The molecule has 0 bridgehead atoms. The van der Waals surface area contributed by atoms with Crippen LogP contribution in [0.4, 0.5) is 5.69 Å². The molecular weight excluding hydrogens is 332 g/mol. The van der Waals surface area contributed by atoms with E-state index in [1.165, 1.54) is 6.07 Å². The van der Waals surface area contributed by atoms with Crippen molar-refractivity contribution < 1.29 is 14.3 Å². The number of nitrogens with one attached hydrogen (secondary N) is 2. The van der Waals surface area contributed by atoms with Gasteiger partial charge in [0.05, 0.1) is 5.56 Å². The van der Waals surface area contributed by atoms with Crippen LogP contribution in [0.5, 0.6) is 0 Å². The number of esters is 1. The number of benzene rings is 2. The summed E-state index contributed by atoms with van der Waals surface area (Å²) >= 11 is 0. The number of aryl methyl sites for hydroxylation is 1. The molecule has 2 aromatic carbocycles. The second-order valence-corrected chi connectivity index (χ2v) is 5.96. The van der Waals surface area contributed by atoms with Gasteiger partial charge in [0.1, 0.15) is 0 Å². The van der Waals surface area contributed by atoms with Crippen molar-refractivity contribution in [3.63, 3.8) is 0 Å². The summed E-state index contributed by atoms with van der Waals surface area (Å²) in [5.74, 6) is -1.16. The van der Waals surface area contributed by atoms with Crippen LogP contribution in [0.1, 0.15) is 21.5 Å². The predicted octanol–water partition coefficient (Wildman–Crippen LogP) is 2.94. The van der Waals surface area contributed by atoms with E-state index in [1.54, 1.807) is 30.3 Å². The quantitative estimate of drug-likeness (QED) is 0.708. The van der Waals surface area contributed by atoms with Crippen molar-refractivity contribution in [2.45, 2.75) is 13.8 Å². The number of hydrogen-bond acceptors (Lipinski definition) is 4. The first-order valence-electron chi connectivity index (χ1n) is 8.11. The number of carbonyl (C=O) groups is 2. The third kappa shape index (κ3) is 3.64. The lowest BCUT2D eigenvalue weighted by Crippen LogP contribution is -2.22. The van der Waals surface area contributed by atoms with E-state index in [1.807, 2.05) is 26.0 Å². The van der Waals surface area contributed by atoms with Crippen molar-refractivity contribution in [3.05, 3.63) is 75.6 Å². The van der Waals surface area contributed by atoms with E-state index >= 15 is 0 Å². The van der Waals surface area contributed by atoms with Gasteiger partial charge >= 0.3 is 5.97 Å². The summed E-state index contributed by atoms with van der Waals surface area (Å²) in [7, 11) is 0. The number of anilines is 1. The van der Waals surface area contributed by atoms with Gasteiger partial charge in [0.15, 0.2) is 6.61 Å². The number of H-pyrrole nitrogens is 1. The molecule has 0 saturated heterocycles. The van der Waals surface area contributed by atoms with Crippen LogP contribution in [0.25, 0.3) is 10.9 Å². The van der Waals surface area contributed by atoms with Crippen molar-refractivity contribution in [3.8, 4) is 0 Å². The first kappa shape index (κ1) is 17.4. The maximum absolute atomic E-state index is 12.3. The molecular formula is C20H18N2O4. The Morgan fingerprint density at radius 1 is 1.08 bits per heavy atom. The molecule has 0 fully saturated rings. The Kier molecular flexibility index (Phi) is 4.84. The highest BCUT2D eigenvalue weighted by molar-refractivity contribution is 6.04. The molecule has 0 aliphatic rings. The standard InChI is InChI=1S/C20H18N2O4/c1-12-6-5-9-16(13(12)2)21-19(24)11-26-20(25)15-10-18(23)22-17-8-4-3-7-14(15)17/h3-10H,11H2,1-2H3,(H,21,24)(H,22,23). The van der Waals surface area contributed by atoms with Crippen molar-refractivity contribution in [2.75, 3.05) is 11.9 Å². The number of aromatic amines is 1. The van der Waals surface area contributed by atoms with Crippen LogP contribution in [0.2, 0.25) is 0 Å². The number of aromatic nitrogens is 1. The van der Waals surface area contributed by atoms with Crippen LogP contribution in [0, 0.1) is 13.8 Å². The Hall–Kier alpha value is -3.41. The van der Waals surface area contributed by atoms with E-state index < -0.39 is 24.0 Å². The lowest BCUT2D eigenvalue weighted by molar-refractivity contribution is -0.119. The Labute approximate surface area is 149 Å². The minimum atomic E-state index is -0.719. The van der Waals surface area contributed by atoms with Gasteiger partial charge in [-0.05, 0) is 37.1 Å². The summed E-state index contributed by atoms with van der Waals surface area (Å²) in [5, 5.41) is 3.28. The van der Waals surface area contributed by atoms with E-state index in [4.69, 9.17) is 4.74 Å². The summed E-state index contributed by atoms with van der Waals surface area (Å²) in [6.07, 6.45) is 0. The molecule has 0 unspecified atom stereocenters. The molecule has 3 aromatic rings. The molecule has 0 saturated carbocycles. The first-order valence-corrected chi connectivity index (χ1v) is 8.11. The van der Waals surface area contributed by atoms with Crippen LogP contribution in [-0.2, 0) is 9.53 Å². The van der Waals surface area contributed by atoms with E-state index in [2.05, 4.69) is 10.3 Å². The zero-order valence-corrected chi connectivity index (χ0v) is 14.5. The van der Waals surface area contributed by atoms with Crippen LogP contribution in [-0.4, -0.2) is 23.5 Å². The second-order valence-electron chi connectivity index (χ2n) is 5.96. The number of ether oxygens (including phenoxy) is 1. The van der Waals surface area contributed by atoms with Gasteiger partial charge in [0, 0.05) is 22.7 Å². The molecule has 6 heteroatoms. The molecule has 3 rings (SSSR count). The van der Waals surface area contributed by atoms with Crippen LogP contribution < -0.4 is 10.9 Å². The number of hydrogen-bond donors (Lipinski definition) is 2. The van der Waals surface area contributed by atoms with E-state index in [-0.39, 0.29) is 5.56 Å². The van der Waals surface area contributed by atoms with Gasteiger partial charge in [-0.3, -0.25) is 9.59 Å². The first-order chi connectivity index (χ1) is 12.5. The summed E-state index contributed by atoms with van der Waals surface area (Å²) in [6.45, 7) is 3.41. The number of pyridine rings is 1. The molecule has 26 heavy (non-hydrogen) atoms. The molecule has 0 radical (unpaired) electrons. The Morgan fingerprint density at radius 3 is 2.65 bits per heavy atom. The lowest BCUT2D eigenvalue weighted by Gasteiger charge is -2.11. The summed E-state index contributed by atoms with van der Waals surface area (Å²) in [5.41, 5.74) is 2.93. The Bertz CT molecular complexity index is 1050. The summed E-state index contributed by atoms with van der Waals surface area (Å²) in [6, 6.07) is 13.7. The van der Waals surface area contributed by atoms with E-state index in [0.717, 1.165) is 11.1 Å². The molecule has 0 aliphatic carbocycles. The highest BCUT2D eigenvalue weighted by Crippen LogP contribution is 2.18. The van der Waals surface area contributed by atoms with Gasteiger partial charge in [0.25, 0.3) is 5.91 Å². The van der Waals surface area contributed by atoms with Gasteiger partial charge in [0.2, 0.25) is 5.56 Å². The average molecular weight is 350 g/mol. The molecule has 6 nitrogen and oxygen atoms in total. The normalized spacial score (nSPS) is 10.5. The van der Waals surface area contributed by atoms with Gasteiger partial charge in [-0.1, -0.05) is 30.3 Å². The zero-order valence-electron chi connectivity index (χ0n) is 14.5. The van der Waals surface area contributed by atoms with Crippen LogP contribution >= 0.6 is 0 Å². The van der Waals surface area contributed by atoms with Gasteiger partial charge in [-0.25, -0.2) is 4.79 Å². The second kappa shape index (κ2) is 7.23. The Balaban J connectivity index is 1.72. The van der Waals surface area contributed by atoms with Gasteiger partial charge < -0.3 is 15.0 Å². The molecule has 1 heterocycles. The predicted molar refractivity (Wildman–Crippen MR) is 99.4 cm³/mol. The molecule has 1 amide bonds. The van der Waals surface area contributed by atoms with Gasteiger partial charge in [-0.2, -0.15) is 0 Å². The van der Waals surface area contributed by atoms with Crippen molar-refractivity contribution in [2.24, 2.45) is 0 Å². The minimum absolute atomic E-state index is 0.129. The fraction of sp³-hybridized carbons (Fsp3) is 0.150. The highest BCUT2D eigenvalue weighted by atomic mass is 16.5. The van der Waals surface area contributed by atoms with Crippen molar-refractivity contribution in [1.29, 1.82) is 0 Å².